The molecule has 2 heterocycles. The Hall–Kier alpha value is 0.0500. The van der Waals surface area contributed by atoms with Gasteiger partial charge in [0.25, 0.3) is 10.0 Å². The molecule has 0 aliphatic carbocycles. The van der Waals surface area contributed by atoms with Crippen LogP contribution in [0.1, 0.15) is 33.1 Å². The van der Waals surface area contributed by atoms with Crippen LogP contribution < -0.4 is 4.83 Å². The molecule has 1 saturated heterocycles. The summed E-state index contributed by atoms with van der Waals surface area (Å²) in [5.74, 6) is 0. The van der Waals surface area contributed by atoms with Gasteiger partial charge in [0.15, 0.2) is 0 Å². The highest BCUT2D eigenvalue weighted by atomic mass is 79.9. The van der Waals surface area contributed by atoms with Crippen molar-refractivity contribution in [1.82, 2.24) is 9.84 Å². The molecule has 1 N–H and O–H groups in total. The van der Waals surface area contributed by atoms with Gasteiger partial charge in [-0.3, -0.25) is 0 Å². The van der Waals surface area contributed by atoms with Crippen molar-refractivity contribution < 1.29 is 8.42 Å². The Labute approximate surface area is 121 Å². The SMILES string of the molecule is CC1CCCC(C)N1NS(=O)(=O)c1ccc(Br)s1. The van der Waals surface area contributed by atoms with Crippen molar-refractivity contribution in [2.45, 2.75) is 49.4 Å². The number of piperidine rings is 1. The molecule has 0 saturated carbocycles. The van der Waals surface area contributed by atoms with Crippen LogP contribution >= 0.6 is 27.3 Å². The van der Waals surface area contributed by atoms with E-state index < -0.39 is 10.0 Å². The fraction of sp³-hybridized carbons (Fsp3) is 0.636. The van der Waals surface area contributed by atoms with Crippen LogP contribution in [0.4, 0.5) is 0 Å². The minimum Gasteiger partial charge on any atom is -0.225 e. The summed E-state index contributed by atoms with van der Waals surface area (Å²) in [5, 5.41) is 1.87. The van der Waals surface area contributed by atoms with E-state index in [0.717, 1.165) is 23.0 Å². The van der Waals surface area contributed by atoms with Crippen LogP contribution in [0, 0.1) is 0 Å². The predicted octanol–water partition coefficient (Wildman–Crippen LogP) is 2.97. The second-order valence-corrected chi connectivity index (χ2v) is 9.04. The van der Waals surface area contributed by atoms with Crippen LogP contribution in [0.25, 0.3) is 0 Å². The van der Waals surface area contributed by atoms with E-state index >= 15 is 0 Å². The molecule has 4 nitrogen and oxygen atoms in total. The first kappa shape index (κ1) is 14.5. The van der Waals surface area contributed by atoms with Gasteiger partial charge >= 0.3 is 0 Å². The molecule has 18 heavy (non-hydrogen) atoms. The lowest BCUT2D eigenvalue weighted by Crippen LogP contribution is -2.53. The quantitative estimate of drug-likeness (QED) is 0.909. The zero-order valence-corrected chi connectivity index (χ0v) is 13.6. The van der Waals surface area contributed by atoms with Gasteiger partial charge in [-0.15, -0.1) is 16.2 Å². The molecule has 0 bridgehead atoms. The maximum absolute atomic E-state index is 12.2. The lowest BCUT2D eigenvalue weighted by atomic mass is 10.0. The third kappa shape index (κ3) is 3.14. The maximum atomic E-state index is 12.2. The zero-order valence-electron chi connectivity index (χ0n) is 10.4. The predicted molar refractivity (Wildman–Crippen MR) is 77.0 cm³/mol. The number of hydrogen-bond donors (Lipinski definition) is 1. The van der Waals surface area contributed by atoms with Gasteiger partial charge in [-0.05, 0) is 54.8 Å². The van der Waals surface area contributed by atoms with Crippen molar-refractivity contribution in [2.24, 2.45) is 0 Å². The highest BCUT2D eigenvalue weighted by molar-refractivity contribution is 9.11. The molecule has 2 rings (SSSR count). The molecular formula is C11H17BrN2O2S2. The van der Waals surface area contributed by atoms with Crippen molar-refractivity contribution in [2.75, 3.05) is 0 Å². The van der Waals surface area contributed by atoms with Crippen molar-refractivity contribution in [3.05, 3.63) is 15.9 Å². The summed E-state index contributed by atoms with van der Waals surface area (Å²) in [6.07, 6.45) is 3.22. The highest BCUT2D eigenvalue weighted by Gasteiger charge is 2.29. The molecule has 1 fully saturated rings. The number of sulfonamides is 1. The number of hydrazine groups is 1. The number of nitrogens with one attached hydrogen (secondary N) is 1. The summed E-state index contributed by atoms with van der Waals surface area (Å²) in [6, 6.07) is 3.86. The average molecular weight is 353 g/mol. The van der Waals surface area contributed by atoms with Crippen molar-refractivity contribution in [3.8, 4) is 0 Å². The molecule has 1 aliphatic rings. The zero-order chi connectivity index (χ0) is 13.3. The minimum atomic E-state index is -3.44. The lowest BCUT2D eigenvalue weighted by molar-refractivity contribution is 0.0791. The van der Waals surface area contributed by atoms with E-state index in [1.54, 1.807) is 12.1 Å². The fourth-order valence-corrected chi connectivity index (χ4v) is 5.46. The van der Waals surface area contributed by atoms with Gasteiger partial charge in [0.1, 0.15) is 4.21 Å². The number of hydrogen-bond acceptors (Lipinski definition) is 4. The monoisotopic (exact) mass is 352 g/mol. The molecule has 0 spiro atoms. The molecule has 7 heteroatoms. The van der Waals surface area contributed by atoms with Crippen LogP contribution in [-0.2, 0) is 10.0 Å². The van der Waals surface area contributed by atoms with Gasteiger partial charge in [-0.2, -0.15) is 0 Å². The summed E-state index contributed by atoms with van der Waals surface area (Å²) < 4.78 is 25.7. The van der Waals surface area contributed by atoms with Crippen molar-refractivity contribution in [3.63, 3.8) is 0 Å². The number of thiophene rings is 1. The Balaban J connectivity index is 2.17. The Morgan fingerprint density at radius 1 is 1.33 bits per heavy atom. The molecule has 1 aromatic heterocycles. The molecule has 102 valence electrons. The molecule has 1 aliphatic heterocycles. The van der Waals surface area contributed by atoms with Crippen LogP contribution in [0.2, 0.25) is 0 Å². The molecule has 2 unspecified atom stereocenters. The van der Waals surface area contributed by atoms with Crippen LogP contribution in [0.15, 0.2) is 20.1 Å². The largest absolute Gasteiger partial charge is 0.262 e. The molecule has 0 aromatic carbocycles. The first-order valence-electron chi connectivity index (χ1n) is 5.96. The van der Waals surface area contributed by atoms with Gasteiger partial charge in [0.2, 0.25) is 0 Å². The Morgan fingerprint density at radius 2 is 1.94 bits per heavy atom. The van der Waals surface area contributed by atoms with Gasteiger partial charge in [0.05, 0.1) is 3.79 Å². The highest BCUT2D eigenvalue weighted by Crippen LogP contribution is 2.27. The molecular weight excluding hydrogens is 336 g/mol. The number of halogens is 1. The average Bonchev–Trinajstić information content (AvgIpc) is 2.71. The first-order chi connectivity index (χ1) is 8.40. The van der Waals surface area contributed by atoms with Crippen LogP contribution in [0.5, 0.6) is 0 Å². The first-order valence-corrected chi connectivity index (χ1v) is 9.05. The second-order valence-electron chi connectivity index (χ2n) is 4.69. The van der Waals surface area contributed by atoms with Crippen LogP contribution in [-0.4, -0.2) is 25.5 Å². The normalized spacial score (nSPS) is 26.4. The fourth-order valence-electron chi connectivity index (χ4n) is 2.23. The smallest absolute Gasteiger partial charge is 0.225 e. The van der Waals surface area contributed by atoms with Crippen molar-refractivity contribution in [1.29, 1.82) is 0 Å². The maximum Gasteiger partial charge on any atom is 0.262 e. The Bertz CT molecular complexity index is 505. The van der Waals surface area contributed by atoms with E-state index in [-0.39, 0.29) is 12.1 Å². The van der Waals surface area contributed by atoms with Gasteiger partial charge < -0.3 is 0 Å². The van der Waals surface area contributed by atoms with Gasteiger partial charge in [0, 0.05) is 12.1 Å². The molecule has 2 atom stereocenters. The summed E-state index contributed by atoms with van der Waals surface area (Å²) in [4.78, 5) is 2.72. The summed E-state index contributed by atoms with van der Waals surface area (Å²) in [6.45, 7) is 4.12. The standard InChI is InChI=1S/C11H17BrN2O2S2/c1-8-4-3-5-9(2)14(8)13-18(15,16)11-7-6-10(12)17-11/h6-9,13H,3-5H2,1-2H3. The summed E-state index contributed by atoms with van der Waals surface area (Å²) in [7, 11) is -3.44. The van der Waals surface area contributed by atoms with Crippen molar-refractivity contribution >= 4 is 37.3 Å². The second kappa shape index (κ2) is 5.58. The van der Waals surface area contributed by atoms with E-state index in [9.17, 15) is 8.42 Å². The third-order valence-electron chi connectivity index (χ3n) is 3.23. The number of rotatable bonds is 3. The summed E-state index contributed by atoms with van der Waals surface area (Å²) >= 11 is 4.51. The molecule has 1 aromatic rings. The number of nitrogens with zero attached hydrogens (tertiary/aromatic N) is 1. The van der Waals surface area contributed by atoms with E-state index in [2.05, 4.69) is 34.6 Å². The topological polar surface area (TPSA) is 49.4 Å². The van der Waals surface area contributed by atoms with Gasteiger partial charge in [-0.1, -0.05) is 6.42 Å². The summed E-state index contributed by atoms with van der Waals surface area (Å²) in [5.41, 5.74) is 0. The van der Waals surface area contributed by atoms with E-state index in [0.29, 0.717) is 4.21 Å². The van der Waals surface area contributed by atoms with Gasteiger partial charge in [-0.25, -0.2) is 13.4 Å². The molecule has 0 amide bonds. The van der Waals surface area contributed by atoms with E-state index in [4.69, 9.17) is 0 Å². The van der Waals surface area contributed by atoms with E-state index in [1.807, 2.05) is 5.01 Å². The Kier molecular flexibility index (Phi) is 4.48. The van der Waals surface area contributed by atoms with Crippen LogP contribution in [0.3, 0.4) is 0 Å². The Morgan fingerprint density at radius 3 is 2.44 bits per heavy atom. The minimum absolute atomic E-state index is 0.243. The van der Waals surface area contributed by atoms with E-state index in [1.165, 1.54) is 11.3 Å². The third-order valence-corrected chi connectivity index (χ3v) is 6.68. The molecule has 0 radical (unpaired) electrons. The lowest BCUT2D eigenvalue weighted by Gasteiger charge is -2.38.